The molecular weight excluding hydrogens is 694 g/mol. The first-order valence-electron chi connectivity index (χ1n) is 17.6. The minimum atomic E-state index is -4.01. The number of ether oxygens (including phenoxy) is 3. The molecule has 1 saturated heterocycles. The predicted octanol–water partition coefficient (Wildman–Crippen LogP) is 3.12. The van der Waals surface area contributed by atoms with E-state index >= 15 is 0 Å². The quantitative estimate of drug-likeness (QED) is 0.290. The van der Waals surface area contributed by atoms with Crippen molar-refractivity contribution in [2.24, 2.45) is 17.8 Å². The van der Waals surface area contributed by atoms with Crippen molar-refractivity contribution < 1.29 is 46.9 Å². The molecule has 4 N–H and O–H groups in total. The summed E-state index contributed by atoms with van der Waals surface area (Å²) in [6.07, 6.45) is 6.11. The standard InChI is InChI=1S/C36H47N5O10S/c1-20-8-6-7-9-23-18-36(23,33(44)40-52(47,48)35(3)11-12-35)39-30(42)26-16-24(19-41(26)32(43)29(21(2)14-20)38-34(45)46)51-31-25-17-28(50-5)27(49-4)15-22(25)10-13-37-31/h7,9-10,13,15,17,20-21,23-24,26,29,38H,6,8,11-12,14,16,18-19H2,1-5H3,(H,39,42)(H,40,44)(H,45,46)/b9-7-/t20-,21-,23-,24-,26+,29+,36-/m1/s1. The second-order valence-electron chi connectivity index (χ2n) is 14.9. The zero-order chi connectivity index (χ0) is 37.6. The molecule has 4 amide bonds. The first kappa shape index (κ1) is 37.2. The van der Waals surface area contributed by atoms with Crippen molar-refractivity contribution in [1.82, 2.24) is 25.2 Å². The molecule has 2 aliphatic heterocycles. The van der Waals surface area contributed by atoms with E-state index in [0.29, 0.717) is 42.6 Å². The Hall–Kier alpha value is -4.60. The van der Waals surface area contributed by atoms with Crippen LogP contribution >= 0.6 is 0 Å². The van der Waals surface area contributed by atoms with Crippen LogP contribution in [0.15, 0.2) is 36.5 Å². The van der Waals surface area contributed by atoms with Gasteiger partial charge in [-0.2, -0.15) is 0 Å². The normalized spacial score (nSPS) is 30.8. The molecule has 2 aliphatic carbocycles. The van der Waals surface area contributed by atoms with E-state index in [9.17, 15) is 32.7 Å². The van der Waals surface area contributed by atoms with Gasteiger partial charge >= 0.3 is 6.09 Å². The zero-order valence-corrected chi connectivity index (χ0v) is 30.8. The molecule has 52 heavy (non-hydrogen) atoms. The monoisotopic (exact) mass is 741 g/mol. The Bertz CT molecular complexity index is 1900. The maximum Gasteiger partial charge on any atom is 0.405 e. The highest BCUT2D eigenvalue weighted by atomic mass is 32.2. The smallest absolute Gasteiger partial charge is 0.405 e. The number of carboxylic acid groups (broad SMARTS) is 1. The van der Waals surface area contributed by atoms with Crippen LogP contribution in [0.3, 0.4) is 0 Å². The van der Waals surface area contributed by atoms with E-state index < -0.39 is 74.1 Å². The average molecular weight is 742 g/mol. The van der Waals surface area contributed by atoms with Gasteiger partial charge in [0.25, 0.3) is 5.91 Å². The molecule has 1 aromatic carbocycles. The molecule has 3 heterocycles. The van der Waals surface area contributed by atoms with Gasteiger partial charge in [0.1, 0.15) is 23.7 Å². The Morgan fingerprint density at radius 1 is 1.10 bits per heavy atom. The first-order valence-corrected chi connectivity index (χ1v) is 19.1. The summed E-state index contributed by atoms with van der Waals surface area (Å²) >= 11 is 0. The minimum absolute atomic E-state index is 0.0118. The number of amides is 4. The fraction of sp³-hybridized carbons (Fsp3) is 0.583. The van der Waals surface area contributed by atoms with Crippen LogP contribution in [0.2, 0.25) is 0 Å². The predicted molar refractivity (Wildman–Crippen MR) is 189 cm³/mol. The number of hydrogen-bond acceptors (Lipinski definition) is 10. The molecule has 0 bridgehead atoms. The van der Waals surface area contributed by atoms with Crippen LogP contribution in [0.4, 0.5) is 4.79 Å². The number of rotatable bonds is 8. The molecule has 3 fully saturated rings. The van der Waals surface area contributed by atoms with Gasteiger partial charge in [-0.15, -0.1) is 0 Å². The van der Waals surface area contributed by atoms with Crippen molar-refractivity contribution in [2.45, 2.75) is 94.2 Å². The summed E-state index contributed by atoms with van der Waals surface area (Å²) in [5, 5.41) is 16.3. The van der Waals surface area contributed by atoms with Gasteiger partial charge in [-0.3, -0.25) is 19.1 Å². The van der Waals surface area contributed by atoms with Crippen LogP contribution in [0.1, 0.15) is 65.7 Å². The fourth-order valence-corrected chi connectivity index (χ4v) is 8.77. The average Bonchev–Trinajstić information content (AvgIpc) is 3.98. The van der Waals surface area contributed by atoms with Gasteiger partial charge in [-0.05, 0) is 80.9 Å². The van der Waals surface area contributed by atoms with Gasteiger partial charge in [-0.1, -0.05) is 26.0 Å². The molecule has 0 spiro atoms. The molecule has 0 unspecified atom stereocenters. The number of sulfonamides is 1. The lowest BCUT2D eigenvalue weighted by molar-refractivity contribution is -0.142. The molecule has 2 aromatic rings. The van der Waals surface area contributed by atoms with E-state index in [4.69, 9.17) is 14.2 Å². The molecule has 282 valence electrons. The minimum Gasteiger partial charge on any atom is -0.493 e. The SMILES string of the molecule is COc1cc2ccnc(O[C@@H]3C[C@H]4C(=O)N[C@]5(C(=O)NS(=O)(=O)C6(C)CC6)C[C@H]5/C=C\CC[C@@H](C)C[C@@H](C)[C@H](NC(=O)O)C(=O)N4C3)c2cc1OC. The van der Waals surface area contributed by atoms with Crippen LogP contribution in [0.5, 0.6) is 17.4 Å². The highest BCUT2D eigenvalue weighted by Gasteiger charge is 2.63. The number of carbonyl (C=O) groups is 4. The number of pyridine rings is 1. The molecule has 16 heteroatoms. The van der Waals surface area contributed by atoms with E-state index in [1.54, 1.807) is 38.2 Å². The summed E-state index contributed by atoms with van der Waals surface area (Å²) in [7, 11) is -0.976. The number of nitrogens with zero attached hydrogens (tertiary/aromatic N) is 2. The number of aromatic nitrogens is 1. The van der Waals surface area contributed by atoms with Crippen molar-refractivity contribution in [3.05, 3.63) is 36.5 Å². The molecule has 4 aliphatic rings. The third-order valence-electron chi connectivity index (χ3n) is 11.0. The van der Waals surface area contributed by atoms with Crippen molar-refractivity contribution in [2.75, 3.05) is 20.8 Å². The van der Waals surface area contributed by atoms with Crippen molar-refractivity contribution in [1.29, 1.82) is 0 Å². The molecular formula is C36H47N5O10S. The summed E-state index contributed by atoms with van der Waals surface area (Å²) in [5.41, 5.74) is -1.55. The first-order chi connectivity index (χ1) is 24.6. The number of nitrogens with one attached hydrogen (secondary N) is 3. The summed E-state index contributed by atoms with van der Waals surface area (Å²) < 4.78 is 44.7. The number of benzene rings is 1. The number of fused-ring (bicyclic) bond motifs is 3. The topological polar surface area (TPSA) is 203 Å². The third-order valence-corrected chi connectivity index (χ3v) is 13.2. The molecule has 2 saturated carbocycles. The van der Waals surface area contributed by atoms with Crippen LogP contribution < -0.4 is 29.6 Å². The number of carbonyl (C=O) groups excluding carboxylic acids is 3. The maximum absolute atomic E-state index is 14.4. The largest absolute Gasteiger partial charge is 0.493 e. The molecule has 6 rings (SSSR count). The fourth-order valence-electron chi connectivity index (χ4n) is 7.45. The second-order valence-corrected chi connectivity index (χ2v) is 17.1. The van der Waals surface area contributed by atoms with Gasteiger partial charge in [0, 0.05) is 23.9 Å². The van der Waals surface area contributed by atoms with E-state index in [2.05, 4.69) is 20.3 Å². The van der Waals surface area contributed by atoms with E-state index in [1.807, 2.05) is 19.1 Å². The van der Waals surface area contributed by atoms with Crippen LogP contribution in [0.25, 0.3) is 10.8 Å². The van der Waals surface area contributed by atoms with Crippen LogP contribution in [0, 0.1) is 17.8 Å². The van der Waals surface area contributed by atoms with E-state index in [0.717, 1.165) is 11.8 Å². The second kappa shape index (κ2) is 14.1. The Kier molecular flexibility index (Phi) is 10.1. The lowest BCUT2D eigenvalue weighted by atomic mass is 9.88. The van der Waals surface area contributed by atoms with Crippen molar-refractivity contribution in [3.63, 3.8) is 0 Å². The van der Waals surface area contributed by atoms with Gasteiger partial charge in [0.05, 0.1) is 25.5 Å². The maximum atomic E-state index is 14.4. The number of methoxy groups -OCH3 is 2. The van der Waals surface area contributed by atoms with Gasteiger partial charge in [0.15, 0.2) is 11.5 Å². The summed E-state index contributed by atoms with van der Waals surface area (Å²) in [6, 6.07) is 2.92. The highest BCUT2D eigenvalue weighted by molar-refractivity contribution is 7.91. The Morgan fingerprint density at radius 3 is 2.48 bits per heavy atom. The number of hydrogen-bond donors (Lipinski definition) is 4. The summed E-state index contributed by atoms with van der Waals surface area (Å²) in [6.45, 7) is 5.32. The summed E-state index contributed by atoms with van der Waals surface area (Å²) in [4.78, 5) is 60.2. The lowest BCUT2D eigenvalue weighted by Crippen LogP contribution is -2.59. The Labute approximate surface area is 302 Å². The Morgan fingerprint density at radius 2 is 1.81 bits per heavy atom. The van der Waals surface area contributed by atoms with Gasteiger partial charge in [-0.25, -0.2) is 18.2 Å². The van der Waals surface area contributed by atoms with Crippen molar-refractivity contribution in [3.8, 4) is 17.4 Å². The molecule has 0 radical (unpaired) electrons. The molecule has 7 atom stereocenters. The summed E-state index contributed by atoms with van der Waals surface area (Å²) in [5.74, 6) is -1.70. The van der Waals surface area contributed by atoms with Crippen molar-refractivity contribution >= 4 is 44.6 Å². The number of allylic oxidation sites excluding steroid dienone is 1. The van der Waals surface area contributed by atoms with Crippen LogP contribution in [-0.2, 0) is 24.4 Å². The third kappa shape index (κ3) is 7.21. The molecule has 1 aromatic heterocycles. The van der Waals surface area contributed by atoms with Crippen LogP contribution in [-0.4, -0.2) is 96.5 Å². The van der Waals surface area contributed by atoms with Gasteiger partial charge < -0.3 is 34.9 Å². The van der Waals surface area contributed by atoms with E-state index in [-0.39, 0.29) is 31.2 Å². The van der Waals surface area contributed by atoms with E-state index in [1.165, 1.54) is 19.1 Å². The lowest BCUT2D eigenvalue weighted by Gasteiger charge is -2.32. The Balaban J connectivity index is 1.35. The molecule has 15 nitrogen and oxygen atoms in total. The van der Waals surface area contributed by atoms with Gasteiger partial charge in [0.2, 0.25) is 27.7 Å². The highest BCUT2D eigenvalue weighted by Crippen LogP contribution is 2.47. The zero-order valence-electron chi connectivity index (χ0n) is 30.0.